The highest BCUT2D eigenvalue weighted by molar-refractivity contribution is 5.22. The van der Waals surface area contributed by atoms with Crippen molar-refractivity contribution in [2.24, 2.45) is 0 Å². The van der Waals surface area contributed by atoms with E-state index in [0.29, 0.717) is 11.9 Å². The highest BCUT2D eigenvalue weighted by atomic mass is 19.1. The third-order valence-corrected chi connectivity index (χ3v) is 1.22. The van der Waals surface area contributed by atoms with Crippen molar-refractivity contribution in [1.82, 2.24) is 0 Å². The van der Waals surface area contributed by atoms with E-state index in [1.54, 1.807) is 19.1 Å². The summed E-state index contributed by atoms with van der Waals surface area (Å²) in [5.41, 5.74) is 0. The molecule has 0 aromatic heterocycles. The number of ether oxygens (including phenoxy) is 1. The first kappa shape index (κ1) is 8.05. The molecule has 0 heterocycles. The number of benzene rings is 1. The van der Waals surface area contributed by atoms with Crippen LogP contribution in [-0.2, 0) is 0 Å². The zero-order valence-electron chi connectivity index (χ0n) is 6.38. The quantitative estimate of drug-likeness (QED) is 0.648. The van der Waals surface area contributed by atoms with Crippen molar-refractivity contribution in [3.05, 3.63) is 36.4 Å². The number of alkyl halides is 1. The number of para-hydroxylation sites is 1. The maximum Gasteiger partial charge on any atom is 0.176 e. The lowest BCUT2D eigenvalue weighted by molar-refractivity contribution is 0.280. The SMILES string of the molecule is C[C](CF)Oc1ccccc1. The van der Waals surface area contributed by atoms with Crippen molar-refractivity contribution in [3.8, 4) is 5.75 Å². The first-order valence-corrected chi connectivity index (χ1v) is 3.44. The lowest BCUT2D eigenvalue weighted by atomic mass is 10.3. The van der Waals surface area contributed by atoms with Gasteiger partial charge in [-0.05, 0) is 19.1 Å². The van der Waals surface area contributed by atoms with Crippen LogP contribution in [0.4, 0.5) is 4.39 Å². The molecule has 0 atom stereocenters. The smallest absolute Gasteiger partial charge is 0.176 e. The summed E-state index contributed by atoms with van der Waals surface area (Å²) in [6, 6.07) is 9.16. The van der Waals surface area contributed by atoms with Crippen LogP contribution in [0.1, 0.15) is 6.92 Å². The zero-order chi connectivity index (χ0) is 8.10. The van der Waals surface area contributed by atoms with Crippen molar-refractivity contribution in [1.29, 1.82) is 0 Å². The molecule has 1 aromatic carbocycles. The van der Waals surface area contributed by atoms with Gasteiger partial charge >= 0.3 is 0 Å². The first-order valence-electron chi connectivity index (χ1n) is 3.44. The topological polar surface area (TPSA) is 9.23 Å². The second kappa shape index (κ2) is 3.96. The van der Waals surface area contributed by atoms with Crippen LogP contribution in [0.3, 0.4) is 0 Å². The van der Waals surface area contributed by atoms with Gasteiger partial charge in [0.15, 0.2) is 6.10 Å². The number of hydrogen-bond donors (Lipinski definition) is 0. The van der Waals surface area contributed by atoms with Crippen molar-refractivity contribution < 1.29 is 9.13 Å². The minimum Gasteiger partial charge on any atom is -0.481 e. The zero-order valence-corrected chi connectivity index (χ0v) is 6.38. The van der Waals surface area contributed by atoms with E-state index in [-0.39, 0.29) is 0 Å². The monoisotopic (exact) mass is 153 g/mol. The number of halogens is 1. The Labute approximate surface area is 65.8 Å². The average molecular weight is 153 g/mol. The van der Waals surface area contributed by atoms with E-state index in [1.807, 2.05) is 18.2 Å². The Bertz CT molecular complexity index is 198. The van der Waals surface area contributed by atoms with Crippen molar-refractivity contribution in [2.75, 3.05) is 6.67 Å². The Kier molecular flexibility index (Phi) is 2.90. The van der Waals surface area contributed by atoms with E-state index in [2.05, 4.69) is 0 Å². The summed E-state index contributed by atoms with van der Waals surface area (Å²) in [4.78, 5) is 0. The summed E-state index contributed by atoms with van der Waals surface area (Å²) in [5.74, 6) is 0.683. The van der Waals surface area contributed by atoms with Gasteiger partial charge in [-0.3, -0.25) is 0 Å². The van der Waals surface area contributed by atoms with Crippen LogP contribution in [-0.4, -0.2) is 6.67 Å². The molecule has 2 heteroatoms. The molecule has 0 aliphatic heterocycles. The van der Waals surface area contributed by atoms with Gasteiger partial charge in [0, 0.05) is 0 Å². The maximum absolute atomic E-state index is 11.9. The molecule has 1 rings (SSSR count). The van der Waals surface area contributed by atoms with Crippen molar-refractivity contribution in [2.45, 2.75) is 6.92 Å². The Morgan fingerprint density at radius 1 is 1.36 bits per heavy atom. The molecule has 0 N–H and O–H groups in total. The lowest BCUT2D eigenvalue weighted by Crippen LogP contribution is -2.03. The van der Waals surface area contributed by atoms with Gasteiger partial charge in [-0.2, -0.15) is 0 Å². The average Bonchev–Trinajstić information content (AvgIpc) is 2.06. The minimum absolute atomic E-state index is 0.385. The van der Waals surface area contributed by atoms with Gasteiger partial charge < -0.3 is 4.74 Å². The maximum atomic E-state index is 11.9. The molecule has 59 valence electrons. The summed E-state index contributed by atoms with van der Waals surface area (Å²) in [6.45, 7) is 1.09. The summed E-state index contributed by atoms with van der Waals surface area (Å²) in [5, 5.41) is 0. The molecule has 11 heavy (non-hydrogen) atoms. The van der Waals surface area contributed by atoms with Gasteiger partial charge in [-0.15, -0.1) is 0 Å². The third kappa shape index (κ3) is 2.58. The van der Waals surface area contributed by atoms with Crippen LogP contribution < -0.4 is 4.74 Å². The Morgan fingerprint density at radius 3 is 2.55 bits per heavy atom. The van der Waals surface area contributed by atoms with Crippen LogP contribution in [0.25, 0.3) is 0 Å². The van der Waals surface area contributed by atoms with Gasteiger partial charge in [0.25, 0.3) is 0 Å². The fraction of sp³-hybridized carbons (Fsp3) is 0.222. The first-order chi connectivity index (χ1) is 5.33. The van der Waals surface area contributed by atoms with Crippen molar-refractivity contribution >= 4 is 0 Å². The van der Waals surface area contributed by atoms with Crippen LogP contribution in [0, 0.1) is 6.10 Å². The van der Waals surface area contributed by atoms with Crippen LogP contribution in [0.5, 0.6) is 5.75 Å². The number of hydrogen-bond acceptors (Lipinski definition) is 1. The summed E-state index contributed by atoms with van der Waals surface area (Å²) >= 11 is 0. The van der Waals surface area contributed by atoms with Crippen LogP contribution in [0.15, 0.2) is 30.3 Å². The molecule has 0 unspecified atom stereocenters. The summed E-state index contributed by atoms with van der Waals surface area (Å²) in [7, 11) is 0. The molecule has 0 saturated carbocycles. The highest BCUT2D eigenvalue weighted by Gasteiger charge is 2.02. The van der Waals surface area contributed by atoms with E-state index in [1.165, 1.54) is 0 Å². The largest absolute Gasteiger partial charge is 0.481 e. The second-order valence-corrected chi connectivity index (χ2v) is 2.25. The molecule has 1 aromatic rings. The lowest BCUT2D eigenvalue weighted by Gasteiger charge is -2.08. The van der Waals surface area contributed by atoms with Crippen LogP contribution in [0.2, 0.25) is 0 Å². The van der Waals surface area contributed by atoms with Gasteiger partial charge in [0.05, 0.1) is 0 Å². The van der Waals surface area contributed by atoms with E-state index < -0.39 is 6.67 Å². The van der Waals surface area contributed by atoms with Crippen molar-refractivity contribution in [3.63, 3.8) is 0 Å². The predicted molar refractivity (Wildman–Crippen MR) is 42.0 cm³/mol. The Hall–Kier alpha value is -1.05. The van der Waals surface area contributed by atoms with Gasteiger partial charge in [-0.1, -0.05) is 18.2 Å². The standard InChI is InChI=1S/C9H10FO/c1-8(7-10)11-9-5-3-2-4-6-9/h2-6H,7H2,1H3. The number of rotatable bonds is 3. The molecular weight excluding hydrogens is 143 g/mol. The van der Waals surface area contributed by atoms with E-state index >= 15 is 0 Å². The highest BCUT2D eigenvalue weighted by Crippen LogP contribution is 2.13. The van der Waals surface area contributed by atoms with E-state index in [0.717, 1.165) is 0 Å². The van der Waals surface area contributed by atoms with Gasteiger partial charge in [0.1, 0.15) is 12.4 Å². The molecule has 0 spiro atoms. The molecule has 0 fully saturated rings. The van der Waals surface area contributed by atoms with E-state index in [9.17, 15) is 4.39 Å². The van der Waals surface area contributed by atoms with Crippen LogP contribution >= 0.6 is 0 Å². The summed E-state index contributed by atoms with van der Waals surface area (Å²) in [6.07, 6.45) is 0.385. The molecule has 0 saturated heterocycles. The molecule has 1 nitrogen and oxygen atoms in total. The molecule has 0 aliphatic carbocycles. The fourth-order valence-electron chi connectivity index (χ4n) is 0.717. The van der Waals surface area contributed by atoms with Gasteiger partial charge in [-0.25, -0.2) is 4.39 Å². The normalized spacial score (nSPS) is 10.1. The molecule has 0 bridgehead atoms. The molecular formula is C9H10FO. The van der Waals surface area contributed by atoms with Gasteiger partial charge in [0.2, 0.25) is 0 Å². The second-order valence-electron chi connectivity index (χ2n) is 2.25. The fourth-order valence-corrected chi connectivity index (χ4v) is 0.717. The molecule has 0 amide bonds. The summed E-state index contributed by atoms with van der Waals surface area (Å²) < 4.78 is 17.0. The Balaban J connectivity index is 2.51. The Morgan fingerprint density at radius 2 is 2.00 bits per heavy atom. The molecule has 1 radical (unpaired) electrons. The van der Waals surface area contributed by atoms with E-state index in [4.69, 9.17) is 4.74 Å². The predicted octanol–water partition coefficient (Wildman–Crippen LogP) is 2.59. The minimum atomic E-state index is -0.533. The third-order valence-electron chi connectivity index (χ3n) is 1.22. The molecule has 0 aliphatic rings.